The first-order valence-corrected chi connectivity index (χ1v) is 8.92. The van der Waals surface area contributed by atoms with E-state index >= 15 is 0 Å². The van der Waals surface area contributed by atoms with Crippen LogP contribution in [-0.4, -0.2) is 25.8 Å². The number of nitrogens with one attached hydrogen (secondary N) is 1. The predicted octanol–water partition coefficient (Wildman–Crippen LogP) is 4.10. The number of alkyl halides is 3. The van der Waals surface area contributed by atoms with Crippen molar-refractivity contribution in [1.82, 2.24) is 25.2 Å². The van der Waals surface area contributed by atoms with Crippen molar-refractivity contribution in [2.24, 2.45) is 7.05 Å². The summed E-state index contributed by atoms with van der Waals surface area (Å²) in [7, 11) is 1.67. The molecule has 0 aliphatic carbocycles. The zero-order chi connectivity index (χ0) is 21.3. The van der Waals surface area contributed by atoms with Gasteiger partial charge < -0.3 is 9.84 Å². The molecular weight excluding hydrogens is 387 g/mol. The quantitative estimate of drug-likeness (QED) is 0.688. The number of aromatic nitrogens is 4. The van der Waals surface area contributed by atoms with Crippen molar-refractivity contribution in [2.75, 3.05) is 0 Å². The summed E-state index contributed by atoms with van der Waals surface area (Å²) in [5, 5.41) is 10.8. The lowest BCUT2D eigenvalue weighted by molar-refractivity contribution is -0.137. The monoisotopic (exact) mass is 407 g/mol. The average molecular weight is 407 g/mol. The van der Waals surface area contributed by atoms with E-state index in [0.717, 1.165) is 17.8 Å². The lowest BCUT2D eigenvalue weighted by atomic mass is 10.1. The van der Waals surface area contributed by atoms with Crippen LogP contribution in [0.5, 0.6) is 0 Å². The van der Waals surface area contributed by atoms with Crippen molar-refractivity contribution in [3.05, 3.63) is 53.2 Å². The third kappa shape index (κ3) is 4.47. The van der Waals surface area contributed by atoms with Gasteiger partial charge in [0.15, 0.2) is 0 Å². The number of nitrogens with zero attached hydrogens (tertiary/aromatic N) is 4. The minimum absolute atomic E-state index is 0.00910. The first-order valence-electron chi connectivity index (χ1n) is 8.92. The van der Waals surface area contributed by atoms with Gasteiger partial charge >= 0.3 is 6.18 Å². The van der Waals surface area contributed by atoms with E-state index in [1.165, 1.54) is 16.8 Å². The molecule has 3 aromatic rings. The van der Waals surface area contributed by atoms with Crippen molar-refractivity contribution in [1.29, 1.82) is 0 Å². The average Bonchev–Trinajstić information content (AvgIpc) is 3.28. The lowest BCUT2D eigenvalue weighted by Gasteiger charge is -2.09. The second-order valence-corrected chi connectivity index (χ2v) is 6.96. The summed E-state index contributed by atoms with van der Waals surface area (Å²) >= 11 is 0. The maximum atomic E-state index is 12.9. The molecule has 3 rings (SSSR count). The molecule has 0 unspecified atom stereocenters. The maximum Gasteiger partial charge on any atom is 0.416 e. The Kier molecular flexibility index (Phi) is 5.45. The standard InChI is InChI=1S/C19H20F3N5O2/c1-10(2)14-9-15(27(4)25-14)17(28)23-11(3)18-24-16(26-29-18)12-6-5-7-13(8-12)19(20,21)22/h5-11H,1-4H3,(H,23,28)/t11-/m0/s1. The van der Waals surface area contributed by atoms with Gasteiger partial charge in [-0.05, 0) is 31.0 Å². The van der Waals surface area contributed by atoms with Gasteiger partial charge in [-0.15, -0.1) is 0 Å². The third-order valence-electron chi connectivity index (χ3n) is 4.33. The Morgan fingerprint density at radius 2 is 1.93 bits per heavy atom. The molecule has 0 fully saturated rings. The van der Waals surface area contributed by atoms with Crippen LogP contribution in [0.1, 0.15) is 60.4 Å². The second kappa shape index (κ2) is 7.69. The Bertz CT molecular complexity index is 1020. The van der Waals surface area contributed by atoms with Gasteiger partial charge in [0.25, 0.3) is 5.91 Å². The summed E-state index contributed by atoms with van der Waals surface area (Å²) in [5.41, 5.74) is 0.523. The summed E-state index contributed by atoms with van der Waals surface area (Å²) in [6, 6.07) is 5.69. The highest BCUT2D eigenvalue weighted by molar-refractivity contribution is 5.92. The largest absolute Gasteiger partial charge is 0.416 e. The fraction of sp³-hybridized carbons (Fsp3) is 0.368. The topological polar surface area (TPSA) is 85.8 Å². The summed E-state index contributed by atoms with van der Waals surface area (Å²) in [6.45, 7) is 5.59. The van der Waals surface area contributed by atoms with Gasteiger partial charge in [-0.2, -0.15) is 23.3 Å². The summed E-state index contributed by atoms with van der Waals surface area (Å²) in [4.78, 5) is 16.7. The Morgan fingerprint density at radius 1 is 1.21 bits per heavy atom. The number of benzene rings is 1. The number of carbonyl (C=O) groups is 1. The molecule has 0 saturated heterocycles. The molecule has 154 valence electrons. The molecule has 0 saturated carbocycles. The number of aryl methyl sites for hydroxylation is 1. The molecule has 1 N–H and O–H groups in total. The minimum atomic E-state index is -4.47. The van der Waals surface area contributed by atoms with E-state index in [-0.39, 0.29) is 29.1 Å². The molecule has 0 radical (unpaired) electrons. The first-order chi connectivity index (χ1) is 13.6. The fourth-order valence-corrected chi connectivity index (χ4v) is 2.68. The van der Waals surface area contributed by atoms with Gasteiger partial charge in [-0.1, -0.05) is 31.1 Å². The van der Waals surface area contributed by atoms with Crippen molar-refractivity contribution in [2.45, 2.75) is 38.9 Å². The van der Waals surface area contributed by atoms with E-state index in [1.54, 1.807) is 20.0 Å². The highest BCUT2D eigenvalue weighted by Gasteiger charge is 2.31. The van der Waals surface area contributed by atoms with Crippen molar-refractivity contribution < 1.29 is 22.5 Å². The molecule has 0 aliphatic rings. The van der Waals surface area contributed by atoms with E-state index in [2.05, 4.69) is 20.6 Å². The summed E-state index contributed by atoms with van der Waals surface area (Å²) in [6.07, 6.45) is -4.47. The van der Waals surface area contributed by atoms with Crippen molar-refractivity contribution in [3.63, 3.8) is 0 Å². The fourth-order valence-electron chi connectivity index (χ4n) is 2.68. The van der Waals surface area contributed by atoms with Crippen LogP contribution in [0.2, 0.25) is 0 Å². The van der Waals surface area contributed by atoms with E-state index < -0.39 is 17.8 Å². The highest BCUT2D eigenvalue weighted by atomic mass is 19.4. The smallest absolute Gasteiger partial charge is 0.339 e. The van der Waals surface area contributed by atoms with Gasteiger partial charge in [-0.3, -0.25) is 9.48 Å². The van der Waals surface area contributed by atoms with Crippen LogP contribution in [0.4, 0.5) is 13.2 Å². The predicted molar refractivity (Wildman–Crippen MR) is 97.9 cm³/mol. The van der Waals surface area contributed by atoms with Crippen LogP contribution in [0.25, 0.3) is 11.4 Å². The lowest BCUT2D eigenvalue weighted by Crippen LogP contribution is -2.28. The SMILES string of the molecule is CC(C)c1cc(C(=O)N[C@@H](C)c2nc(-c3cccc(C(F)(F)F)c3)no2)n(C)n1. The van der Waals surface area contributed by atoms with Crippen LogP contribution < -0.4 is 5.32 Å². The number of hydrogen-bond acceptors (Lipinski definition) is 5. The molecule has 0 aliphatic heterocycles. The van der Waals surface area contributed by atoms with Crippen LogP contribution in [0.15, 0.2) is 34.9 Å². The van der Waals surface area contributed by atoms with Crippen LogP contribution >= 0.6 is 0 Å². The van der Waals surface area contributed by atoms with E-state index in [0.29, 0.717) is 5.69 Å². The van der Waals surface area contributed by atoms with Crippen LogP contribution in [0.3, 0.4) is 0 Å². The number of halogens is 3. The summed E-state index contributed by atoms with van der Waals surface area (Å²) < 4.78 is 45.3. The normalized spacial score (nSPS) is 13.0. The molecule has 2 heterocycles. The second-order valence-electron chi connectivity index (χ2n) is 6.96. The maximum absolute atomic E-state index is 12.9. The molecule has 10 heteroatoms. The number of hydrogen-bond donors (Lipinski definition) is 1. The molecule has 29 heavy (non-hydrogen) atoms. The number of amides is 1. The highest BCUT2D eigenvalue weighted by Crippen LogP contribution is 2.31. The van der Waals surface area contributed by atoms with Crippen molar-refractivity contribution in [3.8, 4) is 11.4 Å². The third-order valence-corrected chi connectivity index (χ3v) is 4.33. The zero-order valence-electron chi connectivity index (χ0n) is 16.3. The van der Waals surface area contributed by atoms with E-state index in [4.69, 9.17) is 4.52 Å². The van der Waals surface area contributed by atoms with E-state index in [9.17, 15) is 18.0 Å². The molecule has 2 aromatic heterocycles. The van der Waals surface area contributed by atoms with E-state index in [1.807, 2.05) is 13.8 Å². The zero-order valence-corrected chi connectivity index (χ0v) is 16.3. The first kappa shape index (κ1) is 20.6. The van der Waals surface area contributed by atoms with Crippen LogP contribution in [-0.2, 0) is 13.2 Å². The Balaban J connectivity index is 1.76. The summed E-state index contributed by atoms with van der Waals surface area (Å²) in [5.74, 6) is -0.115. The van der Waals surface area contributed by atoms with Gasteiger partial charge in [0.2, 0.25) is 11.7 Å². The van der Waals surface area contributed by atoms with Gasteiger partial charge in [0.1, 0.15) is 11.7 Å². The Hall–Kier alpha value is -3.17. The van der Waals surface area contributed by atoms with Crippen molar-refractivity contribution >= 4 is 5.91 Å². The van der Waals surface area contributed by atoms with Gasteiger partial charge in [-0.25, -0.2) is 0 Å². The number of rotatable bonds is 5. The Labute approximate surface area is 164 Å². The van der Waals surface area contributed by atoms with Gasteiger partial charge in [0, 0.05) is 12.6 Å². The number of carbonyl (C=O) groups excluding carboxylic acids is 1. The molecule has 1 amide bonds. The molecular formula is C19H20F3N5O2. The molecule has 1 atom stereocenters. The minimum Gasteiger partial charge on any atom is -0.339 e. The molecule has 0 bridgehead atoms. The van der Waals surface area contributed by atoms with Crippen LogP contribution in [0, 0.1) is 0 Å². The molecule has 0 spiro atoms. The van der Waals surface area contributed by atoms with Gasteiger partial charge in [0.05, 0.1) is 11.3 Å². The molecule has 7 nitrogen and oxygen atoms in total. The molecule has 1 aromatic carbocycles. The Morgan fingerprint density at radius 3 is 2.55 bits per heavy atom.